The molecule has 4 aromatic rings. The Morgan fingerprint density at radius 2 is 2.08 bits per heavy atom. The van der Waals surface area contributed by atoms with E-state index in [1.807, 2.05) is 0 Å². The van der Waals surface area contributed by atoms with Crippen molar-refractivity contribution < 1.29 is 9.18 Å². The molecule has 0 spiro atoms. The fourth-order valence-electron chi connectivity index (χ4n) is 2.47. The second kappa shape index (κ2) is 6.52. The summed E-state index contributed by atoms with van der Waals surface area (Å²) in [5.41, 5.74) is 2.93. The highest BCUT2D eigenvalue weighted by atomic mass is 32.1. The molecule has 7 nitrogen and oxygen atoms in total. The van der Waals surface area contributed by atoms with E-state index in [1.54, 1.807) is 47.8 Å². The van der Waals surface area contributed by atoms with Crippen LogP contribution in [0, 0.1) is 5.82 Å². The van der Waals surface area contributed by atoms with Crippen LogP contribution in [-0.4, -0.2) is 30.9 Å². The van der Waals surface area contributed by atoms with Crippen LogP contribution in [0.1, 0.15) is 10.5 Å². The van der Waals surface area contributed by atoms with Gasteiger partial charge in [0.1, 0.15) is 22.2 Å². The third-order valence-electron chi connectivity index (χ3n) is 3.68. The molecule has 0 radical (unpaired) electrons. The van der Waals surface area contributed by atoms with Crippen molar-refractivity contribution >= 4 is 22.9 Å². The largest absolute Gasteiger partial charge is 0.317 e. The molecule has 3 heterocycles. The van der Waals surface area contributed by atoms with Crippen molar-refractivity contribution in [2.75, 3.05) is 5.32 Å². The lowest BCUT2D eigenvalue weighted by molar-refractivity contribution is 0.102. The predicted molar refractivity (Wildman–Crippen MR) is 96.3 cm³/mol. The molecule has 0 unspecified atom stereocenters. The maximum atomic E-state index is 13.1. The molecule has 0 aliphatic heterocycles. The number of hydrogen-bond acceptors (Lipinski definition) is 5. The second-order valence-electron chi connectivity index (χ2n) is 5.55. The van der Waals surface area contributed by atoms with E-state index in [0.29, 0.717) is 27.6 Å². The number of aromatic nitrogens is 5. The Balaban J connectivity index is 1.59. The van der Waals surface area contributed by atoms with Gasteiger partial charge in [0, 0.05) is 35.9 Å². The molecule has 0 aliphatic carbocycles. The first kappa shape index (κ1) is 16.2. The SMILES string of the molecule is Cn1cc(NC(=O)c2csc(-c3cn[nH]c3)n2)c(-c2ccc(F)cc2)n1. The molecule has 9 heteroatoms. The number of thiazole rings is 1. The van der Waals surface area contributed by atoms with Crippen molar-refractivity contribution in [2.24, 2.45) is 7.05 Å². The van der Waals surface area contributed by atoms with Crippen molar-refractivity contribution in [3.05, 3.63) is 59.7 Å². The second-order valence-corrected chi connectivity index (χ2v) is 6.41. The van der Waals surface area contributed by atoms with Gasteiger partial charge in [-0.1, -0.05) is 0 Å². The van der Waals surface area contributed by atoms with E-state index in [2.05, 4.69) is 25.6 Å². The zero-order chi connectivity index (χ0) is 18.1. The molecule has 26 heavy (non-hydrogen) atoms. The van der Waals surface area contributed by atoms with Crippen LogP contribution in [0.5, 0.6) is 0 Å². The van der Waals surface area contributed by atoms with Gasteiger partial charge < -0.3 is 5.32 Å². The maximum Gasteiger partial charge on any atom is 0.275 e. The number of hydrogen-bond donors (Lipinski definition) is 2. The summed E-state index contributed by atoms with van der Waals surface area (Å²) in [6.07, 6.45) is 5.06. The third-order valence-corrected chi connectivity index (χ3v) is 4.57. The molecule has 0 fully saturated rings. The van der Waals surface area contributed by atoms with Crippen molar-refractivity contribution in [1.29, 1.82) is 0 Å². The Labute approximate surface area is 151 Å². The number of amides is 1. The van der Waals surface area contributed by atoms with Crippen LogP contribution < -0.4 is 5.32 Å². The first-order valence-corrected chi connectivity index (χ1v) is 8.54. The van der Waals surface area contributed by atoms with Gasteiger partial charge in [-0.05, 0) is 24.3 Å². The molecule has 0 saturated heterocycles. The first-order valence-electron chi connectivity index (χ1n) is 7.66. The van der Waals surface area contributed by atoms with Crippen molar-refractivity contribution in [3.63, 3.8) is 0 Å². The van der Waals surface area contributed by atoms with Gasteiger partial charge in [-0.3, -0.25) is 14.6 Å². The topological polar surface area (TPSA) is 88.5 Å². The summed E-state index contributed by atoms with van der Waals surface area (Å²) < 4.78 is 14.7. The number of rotatable bonds is 4. The van der Waals surface area contributed by atoms with Gasteiger partial charge in [0.05, 0.1) is 11.9 Å². The van der Waals surface area contributed by atoms with Gasteiger partial charge in [0.25, 0.3) is 5.91 Å². The number of H-pyrrole nitrogens is 1. The number of nitrogens with zero attached hydrogens (tertiary/aromatic N) is 4. The lowest BCUT2D eigenvalue weighted by atomic mass is 10.1. The molecule has 4 rings (SSSR count). The predicted octanol–water partition coefficient (Wildman–Crippen LogP) is 3.33. The fraction of sp³-hybridized carbons (Fsp3) is 0.0588. The monoisotopic (exact) mass is 368 g/mol. The molecule has 130 valence electrons. The Bertz CT molecular complexity index is 1050. The Kier molecular flexibility index (Phi) is 4.05. The summed E-state index contributed by atoms with van der Waals surface area (Å²) >= 11 is 1.36. The van der Waals surface area contributed by atoms with E-state index in [0.717, 1.165) is 5.56 Å². The highest BCUT2D eigenvalue weighted by Gasteiger charge is 2.17. The van der Waals surface area contributed by atoms with E-state index in [1.165, 1.54) is 23.5 Å². The molecular formula is C17H13FN6OS. The number of carbonyl (C=O) groups excluding carboxylic acids is 1. The quantitative estimate of drug-likeness (QED) is 0.578. The maximum absolute atomic E-state index is 13.1. The minimum atomic E-state index is -0.340. The molecule has 0 bridgehead atoms. The standard InChI is InChI=1S/C17H13FN6OS/c1-24-8-13(15(23-24)10-2-4-12(18)5-3-10)21-16(25)14-9-26-17(22-14)11-6-19-20-7-11/h2-9H,1H3,(H,19,20)(H,21,25). The van der Waals surface area contributed by atoms with E-state index >= 15 is 0 Å². The average Bonchev–Trinajstić information content (AvgIpc) is 3.35. The Morgan fingerprint density at radius 3 is 2.81 bits per heavy atom. The van der Waals surface area contributed by atoms with Crippen molar-refractivity contribution in [3.8, 4) is 21.8 Å². The lowest BCUT2D eigenvalue weighted by Gasteiger charge is -2.04. The lowest BCUT2D eigenvalue weighted by Crippen LogP contribution is -2.12. The Morgan fingerprint density at radius 1 is 1.27 bits per heavy atom. The molecule has 0 atom stereocenters. The van der Waals surface area contributed by atoms with Crippen molar-refractivity contribution in [2.45, 2.75) is 0 Å². The zero-order valence-corrected chi connectivity index (χ0v) is 14.4. The van der Waals surface area contributed by atoms with E-state index in [4.69, 9.17) is 0 Å². The van der Waals surface area contributed by atoms with Gasteiger partial charge in [0.2, 0.25) is 0 Å². The van der Waals surface area contributed by atoms with Gasteiger partial charge in [-0.15, -0.1) is 11.3 Å². The average molecular weight is 368 g/mol. The van der Waals surface area contributed by atoms with Crippen LogP contribution in [0.2, 0.25) is 0 Å². The molecular weight excluding hydrogens is 355 g/mol. The Hall–Kier alpha value is -3.33. The van der Waals surface area contributed by atoms with Gasteiger partial charge in [-0.2, -0.15) is 10.2 Å². The number of aryl methyl sites for hydroxylation is 1. The van der Waals surface area contributed by atoms with Crippen LogP contribution in [0.4, 0.5) is 10.1 Å². The molecule has 3 aromatic heterocycles. The summed E-state index contributed by atoms with van der Waals surface area (Å²) in [7, 11) is 1.75. The van der Waals surface area contributed by atoms with Crippen LogP contribution in [0.3, 0.4) is 0 Å². The molecule has 1 amide bonds. The van der Waals surface area contributed by atoms with Gasteiger partial charge in [0.15, 0.2) is 0 Å². The van der Waals surface area contributed by atoms with Crippen molar-refractivity contribution in [1.82, 2.24) is 25.0 Å². The van der Waals surface area contributed by atoms with E-state index < -0.39 is 0 Å². The van der Waals surface area contributed by atoms with Gasteiger partial charge in [-0.25, -0.2) is 9.37 Å². The summed E-state index contributed by atoms with van der Waals surface area (Å²) in [5, 5.41) is 16.2. The summed E-state index contributed by atoms with van der Waals surface area (Å²) in [6.45, 7) is 0. The summed E-state index contributed by atoms with van der Waals surface area (Å²) in [4.78, 5) is 16.9. The number of halogens is 1. The van der Waals surface area contributed by atoms with Crippen LogP contribution in [-0.2, 0) is 7.05 Å². The smallest absolute Gasteiger partial charge is 0.275 e. The van der Waals surface area contributed by atoms with Crippen LogP contribution >= 0.6 is 11.3 Å². The van der Waals surface area contributed by atoms with Crippen LogP contribution in [0.15, 0.2) is 48.2 Å². The number of aromatic amines is 1. The third kappa shape index (κ3) is 3.11. The number of nitrogens with one attached hydrogen (secondary N) is 2. The van der Waals surface area contributed by atoms with E-state index in [-0.39, 0.29) is 11.7 Å². The molecule has 1 aromatic carbocycles. The minimum absolute atomic E-state index is 0.306. The van der Waals surface area contributed by atoms with E-state index in [9.17, 15) is 9.18 Å². The molecule has 2 N–H and O–H groups in total. The summed E-state index contributed by atoms with van der Waals surface area (Å²) in [5.74, 6) is -0.670. The zero-order valence-electron chi connectivity index (χ0n) is 13.6. The fourth-order valence-corrected chi connectivity index (χ4v) is 3.25. The number of benzene rings is 1. The number of anilines is 1. The number of carbonyl (C=O) groups is 1. The summed E-state index contributed by atoms with van der Waals surface area (Å²) in [6, 6.07) is 5.95. The highest BCUT2D eigenvalue weighted by molar-refractivity contribution is 7.13. The van der Waals surface area contributed by atoms with Gasteiger partial charge >= 0.3 is 0 Å². The normalized spacial score (nSPS) is 10.8. The minimum Gasteiger partial charge on any atom is -0.317 e. The first-order chi connectivity index (χ1) is 12.6. The molecule has 0 aliphatic rings. The highest BCUT2D eigenvalue weighted by Crippen LogP contribution is 2.28. The van der Waals surface area contributed by atoms with Crippen LogP contribution in [0.25, 0.3) is 21.8 Å². The molecule has 0 saturated carbocycles.